The van der Waals surface area contributed by atoms with E-state index in [4.69, 9.17) is 4.55 Å². The molecular formula is C17H36O4S. The van der Waals surface area contributed by atoms with Gasteiger partial charge in [0, 0.05) is 0 Å². The molecule has 0 amide bonds. The molecule has 0 aromatic heterocycles. The van der Waals surface area contributed by atoms with Gasteiger partial charge in [-0.25, -0.2) is 0 Å². The van der Waals surface area contributed by atoms with Crippen LogP contribution in [0.3, 0.4) is 0 Å². The third kappa shape index (κ3) is 17.9. The van der Waals surface area contributed by atoms with Gasteiger partial charge in [0.05, 0.1) is 11.9 Å². The summed E-state index contributed by atoms with van der Waals surface area (Å²) in [6.45, 7) is 2.21. The summed E-state index contributed by atoms with van der Waals surface area (Å²) < 4.78 is 29.7. The van der Waals surface area contributed by atoms with Crippen molar-refractivity contribution in [3.05, 3.63) is 0 Å². The van der Waals surface area contributed by atoms with Crippen molar-refractivity contribution in [3.63, 3.8) is 0 Å². The van der Waals surface area contributed by atoms with Crippen LogP contribution in [0.25, 0.3) is 0 Å². The van der Waals surface area contributed by atoms with Gasteiger partial charge in [-0.05, 0) is 19.3 Å². The zero-order chi connectivity index (χ0) is 16.7. The van der Waals surface area contributed by atoms with Crippen molar-refractivity contribution in [2.24, 2.45) is 0 Å². The van der Waals surface area contributed by atoms with Crippen LogP contribution in [0, 0.1) is 0 Å². The molecule has 134 valence electrons. The maximum Gasteiger partial charge on any atom is 0.264 e. The quantitative estimate of drug-likeness (QED) is 0.316. The predicted octanol–water partition coefficient (Wildman–Crippen LogP) is 4.72. The van der Waals surface area contributed by atoms with Crippen LogP contribution in [-0.2, 0) is 10.1 Å². The van der Waals surface area contributed by atoms with Gasteiger partial charge < -0.3 is 5.11 Å². The van der Waals surface area contributed by atoms with Gasteiger partial charge in [-0.2, -0.15) is 8.42 Å². The first-order valence-electron chi connectivity index (χ1n) is 9.09. The third-order valence-electron chi connectivity index (χ3n) is 4.08. The smallest absolute Gasteiger partial charge is 0.264 e. The van der Waals surface area contributed by atoms with Crippen LogP contribution in [0.4, 0.5) is 0 Å². The van der Waals surface area contributed by atoms with Crippen LogP contribution < -0.4 is 0 Å². The first-order valence-corrected chi connectivity index (χ1v) is 10.7. The van der Waals surface area contributed by atoms with Crippen molar-refractivity contribution in [1.82, 2.24) is 0 Å². The van der Waals surface area contributed by atoms with Gasteiger partial charge in [0.15, 0.2) is 0 Å². The zero-order valence-electron chi connectivity index (χ0n) is 14.3. The van der Waals surface area contributed by atoms with E-state index in [2.05, 4.69) is 6.92 Å². The van der Waals surface area contributed by atoms with Crippen molar-refractivity contribution in [3.8, 4) is 0 Å². The van der Waals surface area contributed by atoms with Gasteiger partial charge in [0.2, 0.25) is 0 Å². The molecule has 1 atom stereocenters. The van der Waals surface area contributed by atoms with E-state index in [1.54, 1.807) is 0 Å². The molecule has 0 spiro atoms. The highest BCUT2D eigenvalue weighted by Crippen LogP contribution is 2.14. The number of unbranched alkanes of at least 4 members (excludes halogenated alkanes) is 10. The molecule has 0 aliphatic heterocycles. The van der Waals surface area contributed by atoms with Crippen molar-refractivity contribution < 1.29 is 18.1 Å². The van der Waals surface area contributed by atoms with Crippen LogP contribution in [-0.4, -0.2) is 29.9 Å². The molecule has 22 heavy (non-hydrogen) atoms. The summed E-state index contributed by atoms with van der Waals surface area (Å²) in [4.78, 5) is 0. The van der Waals surface area contributed by atoms with Crippen LogP contribution in [0.1, 0.15) is 96.8 Å². The van der Waals surface area contributed by atoms with Gasteiger partial charge in [0.25, 0.3) is 10.1 Å². The van der Waals surface area contributed by atoms with Gasteiger partial charge >= 0.3 is 0 Å². The minimum atomic E-state index is -3.78. The Hall–Kier alpha value is -0.130. The Morgan fingerprint density at radius 2 is 1.14 bits per heavy atom. The van der Waals surface area contributed by atoms with E-state index >= 15 is 0 Å². The van der Waals surface area contributed by atoms with Crippen LogP contribution >= 0.6 is 0 Å². The molecule has 0 rings (SSSR count). The van der Waals surface area contributed by atoms with E-state index in [1.165, 1.54) is 25.7 Å². The topological polar surface area (TPSA) is 74.6 Å². The summed E-state index contributed by atoms with van der Waals surface area (Å²) in [5.74, 6) is -0.114. The summed E-state index contributed by atoms with van der Waals surface area (Å²) in [5, 5.41) is 9.87. The molecular weight excluding hydrogens is 300 g/mol. The number of rotatable bonds is 16. The molecule has 0 fully saturated rings. The van der Waals surface area contributed by atoms with Crippen molar-refractivity contribution >= 4 is 10.1 Å². The summed E-state index contributed by atoms with van der Waals surface area (Å²) in [6, 6.07) is 0. The molecule has 0 aliphatic rings. The van der Waals surface area contributed by atoms with E-state index in [0.717, 1.165) is 57.8 Å². The molecule has 0 aliphatic carbocycles. The lowest BCUT2D eigenvalue weighted by atomic mass is 10.0. The van der Waals surface area contributed by atoms with Crippen LogP contribution in [0.15, 0.2) is 0 Å². The Labute approximate surface area is 137 Å². The summed E-state index contributed by atoms with van der Waals surface area (Å²) in [5.41, 5.74) is 0. The second kappa shape index (κ2) is 14.5. The molecule has 0 heterocycles. The van der Waals surface area contributed by atoms with Gasteiger partial charge in [-0.3, -0.25) is 4.55 Å². The zero-order valence-corrected chi connectivity index (χ0v) is 15.1. The van der Waals surface area contributed by atoms with E-state index < -0.39 is 10.1 Å². The highest BCUT2D eigenvalue weighted by atomic mass is 32.2. The fourth-order valence-electron chi connectivity index (χ4n) is 2.68. The summed E-state index contributed by atoms with van der Waals surface area (Å²) in [7, 11) is -3.78. The third-order valence-corrected chi connectivity index (χ3v) is 4.89. The first kappa shape index (κ1) is 21.9. The van der Waals surface area contributed by atoms with Crippen molar-refractivity contribution in [2.45, 2.75) is 103 Å². The summed E-state index contributed by atoms with van der Waals surface area (Å²) in [6.07, 6.45) is 14.9. The van der Waals surface area contributed by atoms with Crippen molar-refractivity contribution in [1.29, 1.82) is 0 Å². The fraction of sp³-hybridized carbons (Fsp3) is 1.00. The van der Waals surface area contributed by atoms with E-state index in [-0.39, 0.29) is 11.9 Å². The highest BCUT2D eigenvalue weighted by Gasteiger charge is 2.04. The Balaban J connectivity index is 3.21. The molecule has 0 aromatic rings. The molecule has 0 radical (unpaired) electrons. The number of hydrogen-bond donors (Lipinski definition) is 2. The van der Waals surface area contributed by atoms with Gasteiger partial charge in [-0.15, -0.1) is 0 Å². The normalized spacial score (nSPS) is 13.4. The van der Waals surface area contributed by atoms with Crippen molar-refractivity contribution in [2.75, 3.05) is 5.75 Å². The monoisotopic (exact) mass is 336 g/mol. The van der Waals surface area contributed by atoms with Gasteiger partial charge in [0.1, 0.15) is 0 Å². The lowest BCUT2D eigenvalue weighted by Gasteiger charge is -2.10. The van der Waals surface area contributed by atoms with Crippen LogP contribution in [0.5, 0.6) is 0 Å². The van der Waals surface area contributed by atoms with E-state index in [1.807, 2.05) is 0 Å². The Bertz CT molecular complexity index is 328. The Kier molecular flexibility index (Phi) is 14.4. The van der Waals surface area contributed by atoms with E-state index in [9.17, 15) is 13.5 Å². The Morgan fingerprint density at radius 3 is 1.59 bits per heavy atom. The molecule has 1 unspecified atom stereocenters. The molecule has 0 aromatic carbocycles. The maximum atomic E-state index is 10.5. The van der Waals surface area contributed by atoms with Gasteiger partial charge in [-0.1, -0.05) is 77.6 Å². The fourth-order valence-corrected chi connectivity index (χ4v) is 3.25. The maximum absolute atomic E-state index is 10.5. The minimum absolute atomic E-state index is 0.114. The minimum Gasteiger partial charge on any atom is -0.393 e. The lowest BCUT2D eigenvalue weighted by Crippen LogP contribution is -2.05. The molecule has 0 saturated heterocycles. The predicted molar refractivity (Wildman–Crippen MR) is 92.7 cm³/mol. The lowest BCUT2D eigenvalue weighted by molar-refractivity contribution is 0.147. The van der Waals surface area contributed by atoms with Crippen LogP contribution in [0.2, 0.25) is 0 Å². The average molecular weight is 337 g/mol. The number of hydrogen-bond acceptors (Lipinski definition) is 3. The highest BCUT2D eigenvalue weighted by molar-refractivity contribution is 7.85. The number of aliphatic hydroxyl groups excluding tert-OH is 1. The standard InChI is InChI=1S/C17H36O4S/c1-2-3-4-8-11-14-17(18)15-12-9-6-5-7-10-13-16-22(19,20)21/h17-18H,2-16H2,1H3,(H,19,20,21). The molecule has 5 heteroatoms. The molecule has 4 nitrogen and oxygen atoms in total. The molecule has 0 saturated carbocycles. The van der Waals surface area contributed by atoms with E-state index in [0.29, 0.717) is 6.42 Å². The summed E-state index contributed by atoms with van der Waals surface area (Å²) >= 11 is 0. The first-order chi connectivity index (χ1) is 10.5. The number of aliphatic hydroxyl groups is 1. The molecule has 0 bridgehead atoms. The second-order valence-corrected chi connectivity index (χ2v) is 7.98. The second-order valence-electron chi connectivity index (χ2n) is 6.41. The molecule has 2 N–H and O–H groups in total. The average Bonchev–Trinajstić information content (AvgIpc) is 2.44. The SMILES string of the molecule is CCCCCCCC(O)CCCCCCCCCS(=O)(=O)O. The largest absolute Gasteiger partial charge is 0.393 e. The Morgan fingerprint density at radius 1 is 0.727 bits per heavy atom.